The lowest BCUT2D eigenvalue weighted by Gasteiger charge is -2.23. The number of rotatable bonds is 0. The molecule has 0 radical (unpaired) electrons. The Bertz CT molecular complexity index is 279. The second-order valence-electron chi connectivity index (χ2n) is 4.30. The summed E-state index contributed by atoms with van der Waals surface area (Å²) in [5.41, 5.74) is -0.0567. The summed E-state index contributed by atoms with van der Waals surface area (Å²) in [5, 5.41) is 0. The van der Waals surface area contributed by atoms with Crippen LogP contribution < -0.4 is 0 Å². The predicted molar refractivity (Wildman–Crippen MR) is 39.3 cm³/mol. The van der Waals surface area contributed by atoms with Gasteiger partial charge in [-0.05, 0) is 12.8 Å². The fraction of sp³-hybridized carbons (Fsp3) is 0.778. The number of ether oxygens (including phenoxy) is 1. The second kappa shape index (κ2) is 1.73. The molecule has 0 aromatic carbocycles. The molecule has 12 heavy (non-hydrogen) atoms. The first kappa shape index (κ1) is 6.63. The summed E-state index contributed by atoms with van der Waals surface area (Å²) in [6, 6.07) is 0. The van der Waals surface area contributed by atoms with Gasteiger partial charge in [-0.15, -0.1) is 0 Å². The molecule has 1 spiro atoms. The summed E-state index contributed by atoms with van der Waals surface area (Å²) in [4.78, 5) is 22.3. The van der Waals surface area contributed by atoms with Crippen molar-refractivity contribution in [2.75, 3.05) is 0 Å². The highest BCUT2D eigenvalue weighted by Gasteiger charge is 2.62. The Morgan fingerprint density at radius 1 is 1.33 bits per heavy atom. The predicted octanol–water partition coefficient (Wildman–Crippen LogP) is 0.671. The Morgan fingerprint density at radius 3 is 2.92 bits per heavy atom. The van der Waals surface area contributed by atoms with Crippen molar-refractivity contribution in [1.29, 1.82) is 0 Å². The Hall–Kier alpha value is -0.860. The zero-order valence-corrected chi connectivity index (χ0v) is 6.71. The number of fused-ring (bicyclic) bond motifs is 1. The quantitative estimate of drug-likeness (QED) is 0.497. The molecule has 0 aromatic heterocycles. The SMILES string of the molecule is O=C1CC23CC(=O)C(CC2O1)C3. The Morgan fingerprint density at radius 2 is 2.17 bits per heavy atom. The van der Waals surface area contributed by atoms with Crippen molar-refractivity contribution in [1.82, 2.24) is 0 Å². The van der Waals surface area contributed by atoms with E-state index in [1.54, 1.807) is 0 Å². The van der Waals surface area contributed by atoms with Gasteiger partial charge in [0.05, 0.1) is 6.42 Å². The first-order chi connectivity index (χ1) is 5.70. The lowest BCUT2D eigenvalue weighted by atomic mass is 9.81. The average Bonchev–Trinajstić information content (AvgIpc) is 2.47. The van der Waals surface area contributed by atoms with Crippen LogP contribution in [0.2, 0.25) is 0 Å². The molecule has 3 unspecified atom stereocenters. The number of carbonyl (C=O) groups is 2. The number of hydrogen-bond acceptors (Lipinski definition) is 3. The van der Waals surface area contributed by atoms with Crippen LogP contribution in [-0.2, 0) is 14.3 Å². The van der Waals surface area contributed by atoms with Crippen molar-refractivity contribution < 1.29 is 14.3 Å². The fourth-order valence-corrected chi connectivity index (χ4v) is 3.05. The molecule has 3 atom stereocenters. The molecule has 0 aromatic rings. The minimum absolute atomic E-state index is 0.0567. The van der Waals surface area contributed by atoms with Crippen LogP contribution in [0.1, 0.15) is 25.7 Å². The largest absolute Gasteiger partial charge is 0.462 e. The highest BCUT2D eigenvalue weighted by atomic mass is 16.6. The van der Waals surface area contributed by atoms with Gasteiger partial charge in [-0.3, -0.25) is 9.59 Å². The smallest absolute Gasteiger partial charge is 0.306 e. The van der Waals surface area contributed by atoms with E-state index in [0.717, 1.165) is 12.8 Å². The van der Waals surface area contributed by atoms with Crippen LogP contribution in [0.15, 0.2) is 0 Å². The van der Waals surface area contributed by atoms with Crippen molar-refractivity contribution in [3.05, 3.63) is 0 Å². The van der Waals surface area contributed by atoms with E-state index in [4.69, 9.17) is 4.74 Å². The minimum Gasteiger partial charge on any atom is -0.462 e. The highest BCUT2D eigenvalue weighted by Crippen LogP contribution is 2.58. The maximum atomic E-state index is 11.3. The number of esters is 1. The van der Waals surface area contributed by atoms with Crippen LogP contribution in [0.4, 0.5) is 0 Å². The van der Waals surface area contributed by atoms with Gasteiger partial charge in [-0.1, -0.05) is 0 Å². The average molecular weight is 166 g/mol. The van der Waals surface area contributed by atoms with Crippen LogP contribution in [-0.4, -0.2) is 17.9 Å². The molecule has 3 heteroatoms. The number of carbonyl (C=O) groups excluding carboxylic acids is 2. The molecule has 3 rings (SSSR count). The van der Waals surface area contributed by atoms with E-state index in [0.29, 0.717) is 18.6 Å². The van der Waals surface area contributed by atoms with Crippen LogP contribution in [0.25, 0.3) is 0 Å². The van der Waals surface area contributed by atoms with Crippen LogP contribution >= 0.6 is 0 Å². The molecule has 2 aliphatic carbocycles. The summed E-state index contributed by atoms with van der Waals surface area (Å²) >= 11 is 0. The molecular weight excluding hydrogens is 156 g/mol. The van der Waals surface area contributed by atoms with Gasteiger partial charge in [0.2, 0.25) is 0 Å². The Balaban J connectivity index is 2.01. The van der Waals surface area contributed by atoms with E-state index in [2.05, 4.69) is 0 Å². The highest BCUT2D eigenvalue weighted by molar-refractivity contribution is 5.88. The molecule has 2 saturated carbocycles. The third kappa shape index (κ3) is 0.586. The third-order valence-electron chi connectivity index (χ3n) is 3.59. The van der Waals surface area contributed by atoms with E-state index in [-0.39, 0.29) is 23.4 Å². The van der Waals surface area contributed by atoms with Crippen LogP contribution in [0.5, 0.6) is 0 Å². The molecule has 1 aliphatic heterocycles. The van der Waals surface area contributed by atoms with Gasteiger partial charge in [0.15, 0.2) is 0 Å². The van der Waals surface area contributed by atoms with Gasteiger partial charge < -0.3 is 4.74 Å². The maximum absolute atomic E-state index is 11.3. The fourth-order valence-electron chi connectivity index (χ4n) is 3.05. The van der Waals surface area contributed by atoms with Gasteiger partial charge in [-0.25, -0.2) is 0 Å². The standard InChI is InChI=1S/C9H10O3/c10-6-3-9-2-5(6)1-7(9)12-8(11)4-9/h5,7H,1-4H2. The zero-order valence-electron chi connectivity index (χ0n) is 6.71. The molecule has 1 saturated heterocycles. The van der Waals surface area contributed by atoms with Crippen molar-refractivity contribution >= 4 is 11.8 Å². The minimum atomic E-state index is -0.104. The third-order valence-corrected chi connectivity index (χ3v) is 3.59. The van der Waals surface area contributed by atoms with Gasteiger partial charge in [0.1, 0.15) is 11.9 Å². The van der Waals surface area contributed by atoms with E-state index in [1.165, 1.54) is 0 Å². The summed E-state index contributed by atoms with van der Waals surface area (Å²) in [5.74, 6) is 0.459. The number of hydrogen-bond donors (Lipinski definition) is 0. The van der Waals surface area contributed by atoms with E-state index in [9.17, 15) is 9.59 Å². The molecule has 0 amide bonds. The van der Waals surface area contributed by atoms with Crippen molar-refractivity contribution in [2.24, 2.45) is 11.3 Å². The van der Waals surface area contributed by atoms with E-state index in [1.807, 2.05) is 0 Å². The molecular formula is C9H10O3. The second-order valence-corrected chi connectivity index (χ2v) is 4.30. The first-order valence-corrected chi connectivity index (χ1v) is 4.42. The molecule has 0 N–H and O–H groups in total. The monoisotopic (exact) mass is 166 g/mol. The summed E-state index contributed by atoms with van der Waals surface area (Å²) in [6.07, 6.45) is 2.86. The zero-order chi connectivity index (χ0) is 8.34. The summed E-state index contributed by atoms with van der Waals surface area (Å²) in [7, 11) is 0. The molecule has 1 heterocycles. The van der Waals surface area contributed by atoms with Crippen molar-refractivity contribution in [3.8, 4) is 0 Å². The van der Waals surface area contributed by atoms with Gasteiger partial charge in [-0.2, -0.15) is 0 Å². The maximum Gasteiger partial charge on any atom is 0.306 e. The first-order valence-electron chi connectivity index (χ1n) is 4.42. The summed E-state index contributed by atoms with van der Waals surface area (Å²) < 4.78 is 5.17. The van der Waals surface area contributed by atoms with Gasteiger partial charge in [0, 0.05) is 17.8 Å². The van der Waals surface area contributed by atoms with Crippen molar-refractivity contribution in [3.63, 3.8) is 0 Å². The molecule has 3 aliphatic rings. The Labute approximate surface area is 70.1 Å². The van der Waals surface area contributed by atoms with Gasteiger partial charge >= 0.3 is 5.97 Å². The van der Waals surface area contributed by atoms with Crippen LogP contribution in [0.3, 0.4) is 0 Å². The van der Waals surface area contributed by atoms with E-state index >= 15 is 0 Å². The van der Waals surface area contributed by atoms with Crippen molar-refractivity contribution in [2.45, 2.75) is 31.8 Å². The molecule has 2 bridgehead atoms. The lowest BCUT2D eigenvalue weighted by molar-refractivity contribution is -0.143. The molecule has 3 fully saturated rings. The Kier molecular flexibility index (Phi) is 0.955. The van der Waals surface area contributed by atoms with Crippen LogP contribution in [0, 0.1) is 11.3 Å². The molecule has 64 valence electrons. The number of Topliss-reactive ketones (excluding diaryl/α,β-unsaturated/α-hetero) is 1. The number of ketones is 1. The van der Waals surface area contributed by atoms with Gasteiger partial charge in [0.25, 0.3) is 0 Å². The summed E-state index contributed by atoms with van der Waals surface area (Å²) in [6.45, 7) is 0. The van der Waals surface area contributed by atoms with E-state index < -0.39 is 0 Å². The molecule has 3 nitrogen and oxygen atoms in total. The topological polar surface area (TPSA) is 43.4 Å². The lowest BCUT2D eigenvalue weighted by Crippen LogP contribution is -2.28. The normalized spacial score (nSPS) is 49.7.